The number of nitrogens with zero attached hydrogens (tertiary/aromatic N) is 1. The molecule has 0 bridgehead atoms. The highest BCUT2D eigenvalue weighted by Crippen LogP contribution is 2.15. The van der Waals surface area contributed by atoms with E-state index in [1.807, 2.05) is 49.2 Å². The second kappa shape index (κ2) is 8.24. The first-order valence-electron chi connectivity index (χ1n) is 7.31. The Labute approximate surface area is 130 Å². The van der Waals surface area contributed by atoms with E-state index in [1.165, 1.54) is 0 Å². The lowest BCUT2D eigenvalue weighted by Gasteiger charge is -2.17. The van der Waals surface area contributed by atoms with Crippen molar-refractivity contribution in [3.63, 3.8) is 0 Å². The van der Waals surface area contributed by atoms with Gasteiger partial charge in [0.15, 0.2) is 0 Å². The van der Waals surface area contributed by atoms with Crippen LogP contribution in [0.1, 0.15) is 11.3 Å². The molecule has 0 aliphatic heterocycles. The molecule has 1 N–H and O–H groups in total. The quantitative estimate of drug-likeness (QED) is 0.812. The molecule has 0 fully saturated rings. The Morgan fingerprint density at radius 2 is 2.09 bits per heavy atom. The Hall–Kier alpha value is -2.27. The van der Waals surface area contributed by atoms with E-state index in [-0.39, 0.29) is 5.91 Å². The predicted molar refractivity (Wildman–Crippen MR) is 84.7 cm³/mol. The van der Waals surface area contributed by atoms with E-state index in [1.54, 1.807) is 12.3 Å². The molecule has 1 amide bonds. The molecule has 0 unspecified atom stereocenters. The van der Waals surface area contributed by atoms with Crippen molar-refractivity contribution in [2.45, 2.75) is 13.5 Å². The fourth-order valence-electron chi connectivity index (χ4n) is 2.01. The maximum atomic E-state index is 11.8. The molecule has 0 saturated carbocycles. The summed E-state index contributed by atoms with van der Waals surface area (Å²) in [5.74, 6) is 1.60. The number of para-hydroxylation sites is 1. The number of amides is 1. The molecule has 0 saturated heterocycles. The fourth-order valence-corrected chi connectivity index (χ4v) is 2.01. The number of aryl methyl sites for hydroxylation is 1. The number of nitrogens with one attached hydrogen (secondary N) is 1. The van der Waals surface area contributed by atoms with Crippen LogP contribution in [-0.2, 0) is 11.3 Å². The van der Waals surface area contributed by atoms with Crippen molar-refractivity contribution < 1.29 is 13.9 Å². The number of rotatable bonds is 8. The fraction of sp³-hybridized carbons (Fsp3) is 0.353. The zero-order chi connectivity index (χ0) is 15.8. The lowest BCUT2D eigenvalue weighted by atomic mass is 10.2. The summed E-state index contributed by atoms with van der Waals surface area (Å²) >= 11 is 0. The number of carbonyl (C=O) groups is 1. The Morgan fingerprint density at radius 3 is 2.82 bits per heavy atom. The van der Waals surface area contributed by atoms with Gasteiger partial charge in [0.1, 0.15) is 18.1 Å². The average Bonchev–Trinajstić information content (AvgIpc) is 3.00. The van der Waals surface area contributed by atoms with Crippen molar-refractivity contribution in [3.8, 4) is 5.75 Å². The standard InChI is InChI=1S/C17H22N2O3/c1-14-6-3-4-8-16(14)22-11-9-19(2)13-17(20)18-12-15-7-5-10-21-15/h3-8,10H,9,11-13H2,1-2H3,(H,18,20). The molecule has 22 heavy (non-hydrogen) atoms. The van der Waals surface area contributed by atoms with Crippen LogP contribution in [-0.4, -0.2) is 37.6 Å². The van der Waals surface area contributed by atoms with Crippen molar-refractivity contribution in [3.05, 3.63) is 54.0 Å². The summed E-state index contributed by atoms with van der Waals surface area (Å²) < 4.78 is 10.9. The van der Waals surface area contributed by atoms with Crippen LogP contribution >= 0.6 is 0 Å². The highest BCUT2D eigenvalue weighted by Gasteiger charge is 2.07. The maximum Gasteiger partial charge on any atom is 0.234 e. The number of hydrogen-bond donors (Lipinski definition) is 1. The number of benzene rings is 1. The Bertz CT molecular complexity index is 581. The molecule has 0 radical (unpaired) electrons. The lowest BCUT2D eigenvalue weighted by molar-refractivity contribution is -0.122. The summed E-state index contributed by atoms with van der Waals surface area (Å²) in [5, 5.41) is 2.82. The minimum absolute atomic E-state index is 0.0326. The topological polar surface area (TPSA) is 54.7 Å². The van der Waals surface area contributed by atoms with Crippen LogP contribution in [0.2, 0.25) is 0 Å². The van der Waals surface area contributed by atoms with Gasteiger partial charge in [0.2, 0.25) is 5.91 Å². The second-order valence-corrected chi connectivity index (χ2v) is 5.21. The van der Waals surface area contributed by atoms with E-state index >= 15 is 0 Å². The molecule has 1 heterocycles. The summed E-state index contributed by atoms with van der Waals surface area (Å²) in [5.41, 5.74) is 1.11. The average molecular weight is 302 g/mol. The zero-order valence-corrected chi connectivity index (χ0v) is 13.0. The molecular formula is C17H22N2O3. The molecule has 0 spiro atoms. The number of carbonyl (C=O) groups excluding carboxylic acids is 1. The third-order valence-corrected chi connectivity index (χ3v) is 3.28. The van der Waals surface area contributed by atoms with Crippen LogP contribution in [0.5, 0.6) is 5.75 Å². The first kappa shape index (κ1) is 16.1. The summed E-state index contributed by atoms with van der Waals surface area (Å²) in [6, 6.07) is 11.5. The van der Waals surface area contributed by atoms with Gasteiger partial charge in [-0.25, -0.2) is 0 Å². The van der Waals surface area contributed by atoms with Crippen LogP contribution in [0.25, 0.3) is 0 Å². The van der Waals surface area contributed by atoms with Crippen molar-refractivity contribution in [2.24, 2.45) is 0 Å². The van der Waals surface area contributed by atoms with E-state index in [0.717, 1.165) is 17.1 Å². The molecule has 1 aromatic heterocycles. The summed E-state index contributed by atoms with van der Waals surface area (Å²) in [4.78, 5) is 13.7. The van der Waals surface area contributed by atoms with Crippen LogP contribution in [0.4, 0.5) is 0 Å². The van der Waals surface area contributed by atoms with Crippen LogP contribution < -0.4 is 10.1 Å². The van der Waals surface area contributed by atoms with Gasteiger partial charge in [0.25, 0.3) is 0 Å². The van der Waals surface area contributed by atoms with Gasteiger partial charge in [-0.1, -0.05) is 18.2 Å². The van der Waals surface area contributed by atoms with Crippen LogP contribution in [0.3, 0.4) is 0 Å². The van der Waals surface area contributed by atoms with E-state index in [2.05, 4.69) is 5.32 Å². The predicted octanol–water partition coefficient (Wildman–Crippen LogP) is 2.22. The smallest absolute Gasteiger partial charge is 0.234 e. The Morgan fingerprint density at radius 1 is 1.27 bits per heavy atom. The van der Waals surface area contributed by atoms with Gasteiger partial charge in [-0.2, -0.15) is 0 Å². The van der Waals surface area contributed by atoms with Crippen LogP contribution in [0.15, 0.2) is 47.1 Å². The molecule has 118 valence electrons. The van der Waals surface area contributed by atoms with E-state index < -0.39 is 0 Å². The van der Waals surface area contributed by atoms with Crippen LogP contribution in [0, 0.1) is 6.92 Å². The third-order valence-electron chi connectivity index (χ3n) is 3.28. The molecule has 1 aromatic carbocycles. The SMILES string of the molecule is Cc1ccccc1OCCN(C)CC(=O)NCc1ccco1. The Kier molecular flexibility index (Phi) is 6.03. The highest BCUT2D eigenvalue weighted by molar-refractivity contribution is 5.77. The first-order valence-corrected chi connectivity index (χ1v) is 7.31. The van der Waals surface area contributed by atoms with Gasteiger partial charge in [-0.3, -0.25) is 9.69 Å². The monoisotopic (exact) mass is 302 g/mol. The first-order chi connectivity index (χ1) is 10.6. The summed E-state index contributed by atoms with van der Waals surface area (Å²) in [6.45, 7) is 3.99. The molecular weight excluding hydrogens is 280 g/mol. The van der Waals surface area contributed by atoms with Crippen molar-refractivity contribution in [1.29, 1.82) is 0 Å². The molecule has 5 nitrogen and oxygen atoms in total. The second-order valence-electron chi connectivity index (χ2n) is 5.21. The zero-order valence-electron chi connectivity index (χ0n) is 13.0. The molecule has 2 aromatic rings. The Balaban J connectivity index is 1.64. The molecule has 5 heteroatoms. The molecule has 0 atom stereocenters. The van der Waals surface area contributed by atoms with Gasteiger partial charge in [-0.05, 0) is 37.7 Å². The van der Waals surface area contributed by atoms with Crippen molar-refractivity contribution >= 4 is 5.91 Å². The van der Waals surface area contributed by atoms with Gasteiger partial charge in [0, 0.05) is 6.54 Å². The number of likely N-dealkylation sites (N-methyl/N-ethyl adjacent to an activating group) is 1. The molecule has 0 aliphatic rings. The van der Waals surface area contributed by atoms with Gasteiger partial charge in [-0.15, -0.1) is 0 Å². The van der Waals surface area contributed by atoms with Crippen molar-refractivity contribution in [2.75, 3.05) is 26.7 Å². The summed E-state index contributed by atoms with van der Waals surface area (Å²) in [7, 11) is 1.90. The maximum absolute atomic E-state index is 11.8. The van der Waals surface area contributed by atoms with Gasteiger partial charge in [0.05, 0.1) is 19.4 Å². The number of furan rings is 1. The number of ether oxygens (including phenoxy) is 1. The normalized spacial score (nSPS) is 10.7. The third kappa shape index (κ3) is 5.26. The van der Waals surface area contributed by atoms with Crippen molar-refractivity contribution in [1.82, 2.24) is 10.2 Å². The highest BCUT2D eigenvalue weighted by atomic mass is 16.5. The molecule has 2 rings (SSSR count). The minimum atomic E-state index is -0.0326. The molecule has 0 aliphatic carbocycles. The minimum Gasteiger partial charge on any atom is -0.492 e. The lowest BCUT2D eigenvalue weighted by Crippen LogP contribution is -2.36. The number of hydrogen-bond acceptors (Lipinski definition) is 4. The van der Waals surface area contributed by atoms with E-state index in [9.17, 15) is 4.79 Å². The van der Waals surface area contributed by atoms with E-state index in [4.69, 9.17) is 9.15 Å². The summed E-state index contributed by atoms with van der Waals surface area (Å²) in [6.07, 6.45) is 1.59. The van der Waals surface area contributed by atoms with E-state index in [0.29, 0.717) is 26.2 Å². The van der Waals surface area contributed by atoms with Gasteiger partial charge < -0.3 is 14.5 Å². The van der Waals surface area contributed by atoms with Gasteiger partial charge >= 0.3 is 0 Å². The largest absolute Gasteiger partial charge is 0.492 e.